The molecule has 4 rings (SSSR count). The first-order chi connectivity index (χ1) is 15.5. The van der Waals surface area contributed by atoms with Gasteiger partial charge in [-0.15, -0.1) is 6.58 Å². The summed E-state index contributed by atoms with van der Waals surface area (Å²) in [6.45, 7) is 3.98. The largest absolute Gasteiger partial charge is 0.497 e. The molecule has 0 amide bonds. The van der Waals surface area contributed by atoms with Crippen molar-refractivity contribution in [2.75, 3.05) is 13.7 Å². The summed E-state index contributed by atoms with van der Waals surface area (Å²) < 4.78 is 38.0. The molecule has 1 fully saturated rings. The van der Waals surface area contributed by atoms with Gasteiger partial charge < -0.3 is 9.47 Å². The Bertz CT molecular complexity index is 1250. The third-order valence-corrected chi connectivity index (χ3v) is 8.62. The standard InChI is InChI=1S/C26H23NO4S/c1-3-25(21-10-6-4-7-11-21)19-31-24(20-14-16-22(30-2)17-15-20)26(25,18-27)32(28,29)23-12-8-5-9-13-23/h3-17,24H,1,19H2,2H3/t24-,25+,26-/m1/s1. The second-order valence-corrected chi connectivity index (χ2v) is 9.79. The third kappa shape index (κ3) is 2.97. The highest BCUT2D eigenvalue weighted by Crippen LogP contribution is 2.57. The van der Waals surface area contributed by atoms with Gasteiger partial charge in [-0.2, -0.15) is 5.26 Å². The molecule has 0 spiro atoms. The zero-order valence-corrected chi connectivity index (χ0v) is 18.5. The summed E-state index contributed by atoms with van der Waals surface area (Å²) in [5.74, 6) is 0.623. The number of sulfone groups is 1. The van der Waals surface area contributed by atoms with E-state index in [1.54, 1.807) is 55.7 Å². The normalized spacial score (nSPS) is 25.1. The van der Waals surface area contributed by atoms with E-state index < -0.39 is 26.1 Å². The van der Waals surface area contributed by atoms with Crippen molar-refractivity contribution in [3.8, 4) is 11.8 Å². The van der Waals surface area contributed by atoms with E-state index >= 15 is 0 Å². The van der Waals surface area contributed by atoms with Gasteiger partial charge in [0.25, 0.3) is 0 Å². The highest BCUT2D eigenvalue weighted by atomic mass is 32.2. The molecule has 6 heteroatoms. The van der Waals surface area contributed by atoms with Gasteiger partial charge in [-0.3, -0.25) is 0 Å². The first-order valence-corrected chi connectivity index (χ1v) is 11.6. The van der Waals surface area contributed by atoms with Crippen LogP contribution in [0.25, 0.3) is 0 Å². The van der Waals surface area contributed by atoms with Crippen molar-refractivity contribution in [2.24, 2.45) is 0 Å². The first-order valence-electron chi connectivity index (χ1n) is 10.1. The summed E-state index contributed by atoms with van der Waals surface area (Å²) in [6.07, 6.45) is 0.511. The lowest BCUT2D eigenvalue weighted by atomic mass is 9.69. The fraction of sp³-hybridized carbons (Fsp3) is 0.192. The minimum atomic E-state index is -4.22. The minimum absolute atomic E-state index is 0.00314. The molecule has 5 nitrogen and oxygen atoms in total. The van der Waals surface area contributed by atoms with E-state index in [9.17, 15) is 13.7 Å². The molecule has 1 heterocycles. The molecule has 3 aromatic rings. The monoisotopic (exact) mass is 445 g/mol. The molecule has 1 aliphatic rings. The number of rotatable bonds is 6. The fourth-order valence-corrected chi connectivity index (χ4v) is 6.76. The van der Waals surface area contributed by atoms with Crippen LogP contribution < -0.4 is 4.74 Å². The van der Waals surface area contributed by atoms with Gasteiger partial charge in [0.2, 0.25) is 14.6 Å². The minimum Gasteiger partial charge on any atom is -0.497 e. The maximum Gasteiger partial charge on any atom is 0.208 e. The molecule has 1 aliphatic heterocycles. The molecule has 0 bridgehead atoms. The molecule has 162 valence electrons. The van der Waals surface area contributed by atoms with Crippen LogP contribution in [0, 0.1) is 11.3 Å². The maximum atomic E-state index is 14.3. The third-order valence-electron chi connectivity index (χ3n) is 6.21. The van der Waals surface area contributed by atoms with Crippen LogP contribution in [0.4, 0.5) is 0 Å². The molecule has 0 radical (unpaired) electrons. The lowest BCUT2D eigenvalue weighted by molar-refractivity contribution is 0.102. The van der Waals surface area contributed by atoms with Crippen LogP contribution in [0.15, 0.2) is 102 Å². The van der Waals surface area contributed by atoms with Crippen LogP contribution in [-0.4, -0.2) is 26.9 Å². The molecule has 0 N–H and O–H groups in total. The second kappa shape index (κ2) is 8.27. The molecule has 0 aromatic heterocycles. The Balaban J connectivity index is 2.04. The highest BCUT2D eigenvalue weighted by molar-refractivity contribution is 7.93. The van der Waals surface area contributed by atoms with Gasteiger partial charge in [-0.1, -0.05) is 66.7 Å². The van der Waals surface area contributed by atoms with Gasteiger partial charge in [0.1, 0.15) is 11.9 Å². The molecule has 32 heavy (non-hydrogen) atoms. The van der Waals surface area contributed by atoms with E-state index in [1.165, 1.54) is 12.1 Å². The average Bonchev–Trinajstić information content (AvgIpc) is 3.22. The van der Waals surface area contributed by atoms with E-state index in [1.807, 2.05) is 30.3 Å². The van der Waals surface area contributed by atoms with E-state index in [0.29, 0.717) is 16.9 Å². The van der Waals surface area contributed by atoms with Gasteiger partial charge in [0.05, 0.1) is 30.1 Å². The highest BCUT2D eigenvalue weighted by Gasteiger charge is 2.69. The zero-order chi connectivity index (χ0) is 22.8. The number of nitriles is 1. The summed E-state index contributed by atoms with van der Waals surface area (Å²) in [7, 11) is -2.67. The van der Waals surface area contributed by atoms with Gasteiger partial charge in [-0.05, 0) is 35.4 Å². The number of ether oxygens (including phenoxy) is 2. The molecule has 1 saturated heterocycles. The lowest BCUT2D eigenvalue weighted by Gasteiger charge is -2.39. The zero-order valence-electron chi connectivity index (χ0n) is 17.6. The Labute approximate surface area is 188 Å². The van der Waals surface area contributed by atoms with Gasteiger partial charge in [-0.25, -0.2) is 8.42 Å². The van der Waals surface area contributed by atoms with Crippen molar-refractivity contribution in [1.82, 2.24) is 0 Å². The molecule has 0 saturated carbocycles. The average molecular weight is 446 g/mol. The summed E-state index contributed by atoms with van der Waals surface area (Å²) in [6, 6.07) is 26.3. The Kier molecular flexibility index (Phi) is 5.64. The quantitative estimate of drug-likeness (QED) is 0.517. The van der Waals surface area contributed by atoms with Crippen molar-refractivity contribution in [2.45, 2.75) is 21.2 Å². The molecule has 3 atom stereocenters. The van der Waals surface area contributed by atoms with Crippen LogP contribution in [-0.2, 0) is 20.0 Å². The Morgan fingerprint density at radius 1 is 1.03 bits per heavy atom. The Hall–Kier alpha value is -3.40. The number of benzene rings is 3. The van der Waals surface area contributed by atoms with Crippen molar-refractivity contribution in [3.63, 3.8) is 0 Å². The van der Waals surface area contributed by atoms with E-state index in [4.69, 9.17) is 9.47 Å². The molecule has 0 unspecified atom stereocenters. The topological polar surface area (TPSA) is 76.4 Å². The van der Waals surface area contributed by atoms with Crippen LogP contribution in [0.5, 0.6) is 5.75 Å². The second-order valence-electron chi connectivity index (χ2n) is 7.67. The van der Waals surface area contributed by atoms with Gasteiger partial charge >= 0.3 is 0 Å². The van der Waals surface area contributed by atoms with Crippen molar-refractivity contribution in [1.29, 1.82) is 5.26 Å². The summed E-state index contributed by atoms with van der Waals surface area (Å²) in [5, 5.41) is 10.7. The SMILES string of the molecule is C=C[C@@]1(c2ccccc2)CO[C@H](c2ccc(OC)cc2)[C@@]1(C#N)S(=O)(=O)c1ccccc1. The number of hydrogen-bond donors (Lipinski definition) is 0. The van der Waals surface area contributed by atoms with Gasteiger partial charge in [0.15, 0.2) is 0 Å². The van der Waals surface area contributed by atoms with Crippen molar-refractivity contribution >= 4 is 9.84 Å². The smallest absolute Gasteiger partial charge is 0.208 e. The van der Waals surface area contributed by atoms with Crippen molar-refractivity contribution in [3.05, 3.63) is 109 Å². The van der Waals surface area contributed by atoms with Crippen LogP contribution in [0.1, 0.15) is 17.2 Å². The summed E-state index contributed by atoms with van der Waals surface area (Å²) >= 11 is 0. The molecule has 0 aliphatic carbocycles. The van der Waals surface area contributed by atoms with Crippen LogP contribution in [0.3, 0.4) is 0 Å². The number of nitrogens with zero attached hydrogens (tertiary/aromatic N) is 1. The predicted octanol–water partition coefficient (Wildman–Crippen LogP) is 4.63. The van der Waals surface area contributed by atoms with E-state index in [2.05, 4.69) is 12.6 Å². The van der Waals surface area contributed by atoms with E-state index in [0.717, 1.165) is 0 Å². The number of methoxy groups -OCH3 is 1. The van der Waals surface area contributed by atoms with Crippen LogP contribution in [0.2, 0.25) is 0 Å². The first kappa shape index (κ1) is 21.8. The summed E-state index contributed by atoms with van der Waals surface area (Å²) in [5.41, 5.74) is -0.0546. The fourth-order valence-electron chi connectivity index (χ4n) is 4.53. The molecular weight excluding hydrogens is 422 g/mol. The van der Waals surface area contributed by atoms with Crippen molar-refractivity contribution < 1.29 is 17.9 Å². The lowest BCUT2D eigenvalue weighted by Crippen LogP contribution is -2.55. The summed E-state index contributed by atoms with van der Waals surface area (Å²) in [4.78, 5) is 0.0627. The Morgan fingerprint density at radius 2 is 1.62 bits per heavy atom. The molecule has 3 aromatic carbocycles. The molecular formula is C26H23NO4S. The van der Waals surface area contributed by atoms with Crippen LogP contribution >= 0.6 is 0 Å². The number of hydrogen-bond acceptors (Lipinski definition) is 5. The predicted molar refractivity (Wildman–Crippen MR) is 122 cm³/mol. The maximum absolute atomic E-state index is 14.3. The van der Waals surface area contributed by atoms with Gasteiger partial charge in [0, 0.05) is 0 Å². The Morgan fingerprint density at radius 3 is 2.16 bits per heavy atom. The van der Waals surface area contributed by atoms with E-state index in [-0.39, 0.29) is 11.5 Å².